The summed E-state index contributed by atoms with van der Waals surface area (Å²) in [5.74, 6) is -1.53. The predicted molar refractivity (Wildman–Crippen MR) is 72.0 cm³/mol. The SMILES string of the molecule is CC(C)(C)c1nc(C(=O)C(F)(F)F)c2c(Br)cccn12. The second-order valence-corrected chi connectivity index (χ2v) is 6.29. The van der Waals surface area contributed by atoms with Crippen LogP contribution in [0.3, 0.4) is 0 Å². The van der Waals surface area contributed by atoms with Gasteiger partial charge in [0.25, 0.3) is 5.78 Å². The molecule has 0 fully saturated rings. The van der Waals surface area contributed by atoms with Crippen molar-refractivity contribution in [3.8, 4) is 0 Å². The van der Waals surface area contributed by atoms with E-state index in [0.29, 0.717) is 10.3 Å². The maximum absolute atomic E-state index is 12.7. The molecule has 2 aromatic heterocycles. The van der Waals surface area contributed by atoms with Gasteiger partial charge in [-0.3, -0.25) is 4.79 Å². The first-order valence-electron chi connectivity index (χ1n) is 5.82. The molecular formula is C13H12BrF3N2O. The zero-order valence-electron chi connectivity index (χ0n) is 11.0. The van der Waals surface area contributed by atoms with Gasteiger partial charge in [0, 0.05) is 16.1 Å². The normalized spacial score (nSPS) is 12.9. The smallest absolute Gasteiger partial charge is 0.301 e. The van der Waals surface area contributed by atoms with Crippen molar-refractivity contribution in [2.45, 2.75) is 32.4 Å². The molecule has 20 heavy (non-hydrogen) atoms. The van der Waals surface area contributed by atoms with Crippen LogP contribution in [0.25, 0.3) is 5.52 Å². The summed E-state index contributed by atoms with van der Waals surface area (Å²) in [7, 11) is 0. The van der Waals surface area contributed by atoms with Crippen molar-refractivity contribution in [3.05, 3.63) is 34.3 Å². The van der Waals surface area contributed by atoms with Crippen molar-refractivity contribution in [1.29, 1.82) is 0 Å². The van der Waals surface area contributed by atoms with Crippen LogP contribution in [-0.4, -0.2) is 21.3 Å². The molecule has 2 rings (SSSR count). The lowest BCUT2D eigenvalue weighted by atomic mass is 9.96. The van der Waals surface area contributed by atoms with Crippen molar-refractivity contribution in [3.63, 3.8) is 0 Å². The highest BCUT2D eigenvalue weighted by molar-refractivity contribution is 9.10. The molecule has 0 radical (unpaired) electrons. The summed E-state index contributed by atoms with van der Waals surface area (Å²) in [5.41, 5.74) is -0.928. The minimum absolute atomic E-state index is 0.139. The van der Waals surface area contributed by atoms with E-state index in [1.54, 1.807) is 18.3 Å². The Bertz CT molecular complexity index is 683. The number of aromatic nitrogens is 2. The van der Waals surface area contributed by atoms with E-state index in [1.807, 2.05) is 20.8 Å². The lowest BCUT2D eigenvalue weighted by Crippen LogP contribution is -2.23. The number of carbonyl (C=O) groups excluding carboxylic acids is 1. The number of pyridine rings is 1. The Balaban J connectivity index is 2.83. The van der Waals surface area contributed by atoms with Gasteiger partial charge in [-0.1, -0.05) is 20.8 Å². The molecule has 0 aliphatic carbocycles. The largest absolute Gasteiger partial charge is 0.456 e. The van der Waals surface area contributed by atoms with E-state index in [2.05, 4.69) is 20.9 Å². The molecule has 3 nitrogen and oxygen atoms in total. The van der Waals surface area contributed by atoms with Gasteiger partial charge in [-0.2, -0.15) is 13.2 Å². The zero-order valence-corrected chi connectivity index (χ0v) is 12.6. The average Bonchev–Trinajstić information content (AvgIpc) is 2.67. The number of imidazole rings is 1. The Morgan fingerprint density at radius 3 is 2.40 bits per heavy atom. The number of alkyl halides is 3. The Labute approximate surface area is 121 Å². The zero-order chi connectivity index (χ0) is 15.3. The summed E-state index contributed by atoms with van der Waals surface area (Å²) in [6.07, 6.45) is -3.35. The monoisotopic (exact) mass is 348 g/mol. The number of carbonyl (C=O) groups is 1. The fraction of sp³-hybridized carbons (Fsp3) is 0.385. The highest BCUT2D eigenvalue weighted by Crippen LogP contribution is 2.32. The van der Waals surface area contributed by atoms with Crippen molar-refractivity contribution in [2.24, 2.45) is 0 Å². The summed E-state index contributed by atoms with van der Waals surface area (Å²) in [4.78, 5) is 15.5. The lowest BCUT2D eigenvalue weighted by Gasteiger charge is -2.16. The Hall–Kier alpha value is -1.37. The predicted octanol–water partition coefficient (Wildman–Crippen LogP) is 4.14. The molecule has 0 spiro atoms. The van der Waals surface area contributed by atoms with E-state index in [0.717, 1.165) is 0 Å². The summed E-state index contributed by atoms with van der Waals surface area (Å²) in [5, 5.41) is 0. The second kappa shape index (κ2) is 4.58. The summed E-state index contributed by atoms with van der Waals surface area (Å²) in [6, 6.07) is 3.26. The second-order valence-electron chi connectivity index (χ2n) is 5.44. The van der Waals surface area contributed by atoms with Gasteiger partial charge >= 0.3 is 6.18 Å². The quantitative estimate of drug-likeness (QED) is 0.726. The molecule has 7 heteroatoms. The van der Waals surface area contributed by atoms with Crippen LogP contribution in [0.15, 0.2) is 22.8 Å². The van der Waals surface area contributed by atoms with Gasteiger partial charge in [-0.15, -0.1) is 0 Å². The molecule has 0 aliphatic rings. The maximum atomic E-state index is 12.7. The Kier molecular flexibility index (Phi) is 3.44. The first kappa shape index (κ1) is 15.0. The standard InChI is InChI=1S/C13H12BrF3N2O/c1-12(2,3)11-18-8(10(20)13(15,16)17)9-7(14)5-4-6-19(9)11/h4-6H,1-3H3. The molecule has 0 N–H and O–H groups in total. The van der Waals surface area contributed by atoms with Crippen LogP contribution in [0.2, 0.25) is 0 Å². The first-order valence-corrected chi connectivity index (χ1v) is 6.61. The van der Waals surface area contributed by atoms with Crippen LogP contribution in [0.1, 0.15) is 37.1 Å². The Morgan fingerprint density at radius 2 is 1.90 bits per heavy atom. The highest BCUT2D eigenvalue weighted by atomic mass is 79.9. The van der Waals surface area contributed by atoms with E-state index in [9.17, 15) is 18.0 Å². The number of hydrogen-bond acceptors (Lipinski definition) is 2. The molecule has 0 aromatic carbocycles. The first-order chi connectivity index (χ1) is 9.03. The van der Waals surface area contributed by atoms with Crippen LogP contribution < -0.4 is 0 Å². The summed E-state index contributed by atoms with van der Waals surface area (Å²) >= 11 is 3.18. The van der Waals surface area contributed by atoms with E-state index >= 15 is 0 Å². The molecule has 0 atom stereocenters. The van der Waals surface area contributed by atoms with E-state index in [1.165, 1.54) is 4.40 Å². The highest BCUT2D eigenvalue weighted by Gasteiger charge is 2.43. The molecular weight excluding hydrogens is 337 g/mol. The van der Waals surface area contributed by atoms with Crippen molar-refractivity contribution >= 4 is 27.2 Å². The van der Waals surface area contributed by atoms with Gasteiger partial charge in [-0.25, -0.2) is 4.98 Å². The lowest BCUT2D eigenvalue weighted by molar-refractivity contribution is -0.0887. The molecule has 2 heterocycles. The number of nitrogens with zero attached hydrogens (tertiary/aromatic N) is 2. The van der Waals surface area contributed by atoms with E-state index in [4.69, 9.17) is 0 Å². The van der Waals surface area contributed by atoms with Crippen LogP contribution in [-0.2, 0) is 5.41 Å². The summed E-state index contributed by atoms with van der Waals surface area (Å²) in [6.45, 7) is 5.47. The maximum Gasteiger partial charge on any atom is 0.456 e. The minimum Gasteiger partial charge on any atom is -0.301 e. The van der Waals surface area contributed by atoms with Gasteiger partial charge in [-0.05, 0) is 28.1 Å². The average molecular weight is 349 g/mol. The number of hydrogen-bond donors (Lipinski definition) is 0. The molecule has 0 bridgehead atoms. The van der Waals surface area contributed by atoms with E-state index < -0.39 is 23.1 Å². The third kappa shape index (κ3) is 2.46. The fourth-order valence-electron chi connectivity index (χ4n) is 1.92. The van der Waals surface area contributed by atoms with Crippen molar-refractivity contribution in [1.82, 2.24) is 9.38 Å². The fourth-order valence-corrected chi connectivity index (χ4v) is 2.45. The number of ketones is 1. The number of fused-ring (bicyclic) bond motifs is 1. The Morgan fingerprint density at radius 1 is 1.30 bits per heavy atom. The number of rotatable bonds is 1. The number of halogens is 4. The topological polar surface area (TPSA) is 34.4 Å². The van der Waals surface area contributed by atoms with Gasteiger partial charge in [0.1, 0.15) is 11.5 Å². The van der Waals surface area contributed by atoms with Crippen LogP contribution in [0.5, 0.6) is 0 Å². The number of Topliss-reactive ketones (excluding diaryl/α,β-unsaturated/α-hetero) is 1. The van der Waals surface area contributed by atoms with Crippen molar-refractivity contribution < 1.29 is 18.0 Å². The van der Waals surface area contributed by atoms with Gasteiger partial charge in [0.05, 0.1) is 5.52 Å². The third-order valence-electron chi connectivity index (χ3n) is 2.76. The molecule has 0 amide bonds. The molecule has 0 saturated carbocycles. The molecule has 0 aliphatic heterocycles. The van der Waals surface area contributed by atoms with Gasteiger partial charge < -0.3 is 4.40 Å². The molecule has 0 saturated heterocycles. The van der Waals surface area contributed by atoms with Crippen LogP contribution >= 0.6 is 15.9 Å². The molecule has 2 aromatic rings. The van der Waals surface area contributed by atoms with Gasteiger partial charge in [0.15, 0.2) is 0 Å². The minimum atomic E-state index is -4.95. The third-order valence-corrected chi connectivity index (χ3v) is 3.40. The molecule has 108 valence electrons. The van der Waals surface area contributed by atoms with Gasteiger partial charge in [0.2, 0.25) is 0 Å². The van der Waals surface area contributed by atoms with E-state index in [-0.39, 0.29) is 5.52 Å². The summed E-state index contributed by atoms with van der Waals surface area (Å²) < 4.78 is 40.0. The van der Waals surface area contributed by atoms with Crippen molar-refractivity contribution in [2.75, 3.05) is 0 Å². The van der Waals surface area contributed by atoms with Crippen LogP contribution in [0.4, 0.5) is 13.2 Å². The van der Waals surface area contributed by atoms with Crippen LogP contribution in [0, 0.1) is 0 Å². The molecule has 0 unspecified atom stereocenters.